The van der Waals surface area contributed by atoms with Crippen molar-refractivity contribution in [3.8, 4) is 0 Å². The van der Waals surface area contributed by atoms with Crippen molar-refractivity contribution in [2.24, 2.45) is 0 Å². The van der Waals surface area contributed by atoms with Crippen LogP contribution in [0.2, 0.25) is 0 Å². The summed E-state index contributed by atoms with van der Waals surface area (Å²) in [5.41, 5.74) is 0. The molecule has 2 aliphatic rings. The third-order valence-corrected chi connectivity index (χ3v) is 2.63. The number of nitrogens with zero attached hydrogens (tertiary/aromatic N) is 1. The zero-order chi connectivity index (χ0) is 9.80. The summed E-state index contributed by atoms with van der Waals surface area (Å²) >= 11 is 0. The predicted molar refractivity (Wildman–Crippen MR) is 56.5 cm³/mol. The Kier molecular flexibility index (Phi) is 2.82. The number of rotatable bonds is 1. The molecule has 74 valence electrons. The molecule has 0 saturated heterocycles. The first kappa shape index (κ1) is 9.25. The van der Waals surface area contributed by atoms with E-state index < -0.39 is 0 Å². The molecular formula is C12H15NO. The van der Waals surface area contributed by atoms with E-state index in [4.69, 9.17) is 0 Å². The highest BCUT2D eigenvalue weighted by atomic mass is 16.2. The number of carbonyl (C=O) groups excluding carboxylic acids is 1. The Balaban J connectivity index is 2.10. The van der Waals surface area contributed by atoms with Gasteiger partial charge in [0.25, 0.3) is 0 Å². The molecule has 0 bridgehead atoms. The monoisotopic (exact) mass is 189 g/mol. The molecule has 2 heteroatoms. The van der Waals surface area contributed by atoms with E-state index in [1.165, 1.54) is 0 Å². The van der Waals surface area contributed by atoms with Gasteiger partial charge in [-0.1, -0.05) is 30.4 Å². The molecule has 0 aromatic carbocycles. The first-order chi connectivity index (χ1) is 6.88. The molecule has 14 heavy (non-hydrogen) atoms. The minimum Gasteiger partial charge on any atom is -0.312 e. The van der Waals surface area contributed by atoms with E-state index in [0.29, 0.717) is 6.42 Å². The van der Waals surface area contributed by atoms with Gasteiger partial charge in [-0.15, -0.1) is 0 Å². The molecule has 1 aliphatic carbocycles. The van der Waals surface area contributed by atoms with Gasteiger partial charge in [0, 0.05) is 12.6 Å². The predicted octanol–water partition coefficient (Wildman–Crippen LogP) is 2.40. The van der Waals surface area contributed by atoms with Crippen LogP contribution in [0.3, 0.4) is 0 Å². The third kappa shape index (κ3) is 1.95. The lowest BCUT2D eigenvalue weighted by molar-refractivity contribution is -0.129. The van der Waals surface area contributed by atoms with E-state index >= 15 is 0 Å². The Hall–Kier alpha value is -1.31. The molecule has 0 aromatic rings. The Morgan fingerprint density at radius 3 is 3.00 bits per heavy atom. The highest BCUT2D eigenvalue weighted by molar-refractivity contribution is 5.78. The Morgan fingerprint density at radius 1 is 1.29 bits per heavy atom. The molecule has 0 aromatic heterocycles. The Labute approximate surface area is 84.6 Å². The highest BCUT2D eigenvalue weighted by Gasteiger charge is 2.20. The normalized spacial score (nSPS) is 26.7. The number of amides is 1. The average molecular weight is 189 g/mol. The lowest BCUT2D eigenvalue weighted by atomic mass is 10.1. The minimum absolute atomic E-state index is 0.238. The van der Waals surface area contributed by atoms with Gasteiger partial charge >= 0.3 is 0 Å². The number of allylic oxidation sites excluding steroid dienone is 3. The maximum atomic E-state index is 11.7. The Bertz CT molecular complexity index is 301. The van der Waals surface area contributed by atoms with Gasteiger partial charge < -0.3 is 4.90 Å². The molecule has 1 heterocycles. The highest BCUT2D eigenvalue weighted by Crippen LogP contribution is 2.17. The summed E-state index contributed by atoms with van der Waals surface area (Å²) in [6.45, 7) is 0. The number of carbonyl (C=O) groups is 1. The molecule has 0 N–H and O–H groups in total. The number of hydrogen-bond donors (Lipinski definition) is 0. The minimum atomic E-state index is 0.238. The van der Waals surface area contributed by atoms with Gasteiger partial charge in [0.2, 0.25) is 5.91 Å². The van der Waals surface area contributed by atoms with E-state index in [-0.39, 0.29) is 11.9 Å². The van der Waals surface area contributed by atoms with Crippen LogP contribution in [-0.2, 0) is 4.79 Å². The smallest absolute Gasteiger partial charge is 0.227 e. The third-order valence-electron chi connectivity index (χ3n) is 2.63. The molecule has 1 atom stereocenters. The summed E-state index contributed by atoms with van der Waals surface area (Å²) in [5.74, 6) is 0.253. The van der Waals surface area contributed by atoms with E-state index in [0.717, 1.165) is 19.3 Å². The van der Waals surface area contributed by atoms with Gasteiger partial charge in [-0.3, -0.25) is 4.79 Å². The maximum absolute atomic E-state index is 11.7. The zero-order valence-electron chi connectivity index (χ0n) is 8.23. The molecule has 2 nitrogen and oxygen atoms in total. The second-order valence-electron chi connectivity index (χ2n) is 3.69. The van der Waals surface area contributed by atoms with Gasteiger partial charge in [0.1, 0.15) is 0 Å². The molecule has 1 amide bonds. The van der Waals surface area contributed by atoms with E-state index in [1.807, 2.05) is 23.3 Å². The molecule has 0 fully saturated rings. The van der Waals surface area contributed by atoms with Crippen LogP contribution in [0, 0.1) is 0 Å². The van der Waals surface area contributed by atoms with Crippen LogP contribution >= 0.6 is 0 Å². The summed E-state index contributed by atoms with van der Waals surface area (Å²) in [6.07, 6.45) is 15.9. The zero-order valence-corrected chi connectivity index (χ0v) is 8.23. The van der Waals surface area contributed by atoms with Crippen LogP contribution in [0.25, 0.3) is 0 Å². The lowest BCUT2D eigenvalue weighted by Gasteiger charge is -2.26. The van der Waals surface area contributed by atoms with Gasteiger partial charge in [-0.25, -0.2) is 0 Å². The van der Waals surface area contributed by atoms with Crippen LogP contribution in [0.15, 0.2) is 36.6 Å². The Morgan fingerprint density at radius 2 is 2.21 bits per heavy atom. The van der Waals surface area contributed by atoms with Crippen molar-refractivity contribution in [2.45, 2.75) is 31.7 Å². The van der Waals surface area contributed by atoms with Crippen LogP contribution < -0.4 is 0 Å². The summed E-state index contributed by atoms with van der Waals surface area (Å²) in [4.78, 5) is 13.6. The fourth-order valence-electron chi connectivity index (χ4n) is 1.84. The molecule has 0 spiro atoms. The first-order valence-corrected chi connectivity index (χ1v) is 5.19. The van der Waals surface area contributed by atoms with Crippen molar-refractivity contribution in [2.75, 3.05) is 0 Å². The van der Waals surface area contributed by atoms with Crippen LogP contribution in [0.5, 0.6) is 0 Å². The first-order valence-electron chi connectivity index (χ1n) is 5.19. The van der Waals surface area contributed by atoms with Gasteiger partial charge in [-0.2, -0.15) is 0 Å². The SMILES string of the molecule is O=C1CCCC=CN1C1C=CC=CC1. The molecule has 1 aliphatic heterocycles. The summed E-state index contributed by atoms with van der Waals surface area (Å²) in [6, 6.07) is 0.238. The van der Waals surface area contributed by atoms with Crippen LogP contribution in [0.4, 0.5) is 0 Å². The topological polar surface area (TPSA) is 20.3 Å². The number of hydrogen-bond acceptors (Lipinski definition) is 1. The molecule has 1 unspecified atom stereocenters. The molecule has 0 radical (unpaired) electrons. The standard InChI is InChI=1S/C12H15NO/c14-12-9-5-2-6-10-13(12)11-7-3-1-4-8-11/h1,3-4,6-7,10-11H,2,5,8-9H2. The van der Waals surface area contributed by atoms with Gasteiger partial charge in [0.15, 0.2) is 0 Å². The summed E-state index contributed by atoms with van der Waals surface area (Å²) in [5, 5.41) is 0. The van der Waals surface area contributed by atoms with Gasteiger partial charge in [-0.05, 0) is 19.3 Å². The molecule has 0 saturated carbocycles. The van der Waals surface area contributed by atoms with Crippen molar-refractivity contribution < 1.29 is 4.79 Å². The quantitative estimate of drug-likeness (QED) is 0.620. The van der Waals surface area contributed by atoms with Crippen molar-refractivity contribution >= 4 is 5.91 Å². The van der Waals surface area contributed by atoms with Crippen LogP contribution in [-0.4, -0.2) is 16.8 Å². The second kappa shape index (κ2) is 4.27. The van der Waals surface area contributed by atoms with E-state index in [2.05, 4.69) is 18.2 Å². The molecular weight excluding hydrogens is 174 g/mol. The summed E-state index contributed by atoms with van der Waals surface area (Å²) < 4.78 is 0. The largest absolute Gasteiger partial charge is 0.312 e. The lowest BCUT2D eigenvalue weighted by Crippen LogP contribution is -2.34. The van der Waals surface area contributed by atoms with Gasteiger partial charge in [0.05, 0.1) is 6.04 Å². The van der Waals surface area contributed by atoms with Crippen molar-refractivity contribution in [1.29, 1.82) is 0 Å². The maximum Gasteiger partial charge on any atom is 0.227 e. The van der Waals surface area contributed by atoms with Crippen molar-refractivity contribution in [1.82, 2.24) is 4.90 Å². The van der Waals surface area contributed by atoms with Crippen molar-refractivity contribution in [3.63, 3.8) is 0 Å². The van der Waals surface area contributed by atoms with E-state index in [9.17, 15) is 4.79 Å². The summed E-state index contributed by atoms with van der Waals surface area (Å²) in [7, 11) is 0. The fourth-order valence-corrected chi connectivity index (χ4v) is 1.84. The van der Waals surface area contributed by atoms with Crippen LogP contribution in [0.1, 0.15) is 25.7 Å². The second-order valence-corrected chi connectivity index (χ2v) is 3.69. The van der Waals surface area contributed by atoms with E-state index in [1.54, 1.807) is 0 Å². The fraction of sp³-hybridized carbons (Fsp3) is 0.417. The average Bonchev–Trinajstić information content (AvgIpc) is 2.44. The van der Waals surface area contributed by atoms with Crippen molar-refractivity contribution in [3.05, 3.63) is 36.6 Å². The molecule has 2 rings (SSSR count).